The molecule has 0 aliphatic carbocycles. The second-order valence-corrected chi connectivity index (χ2v) is 12.2. The third-order valence-corrected chi connectivity index (χ3v) is 9.27. The lowest BCUT2D eigenvalue weighted by atomic mass is 9.84. The van der Waals surface area contributed by atoms with Crippen molar-refractivity contribution in [3.05, 3.63) is 76.8 Å². The number of piperidine rings is 1. The van der Waals surface area contributed by atoms with E-state index in [4.69, 9.17) is 30.8 Å². The minimum absolute atomic E-state index is 0.0759. The summed E-state index contributed by atoms with van der Waals surface area (Å²) in [6.45, 7) is 8.43. The topological polar surface area (TPSA) is 66.8 Å². The fourth-order valence-corrected chi connectivity index (χ4v) is 6.57. The van der Waals surface area contributed by atoms with Crippen molar-refractivity contribution in [2.45, 2.75) is 37.3 Å². The van der Waals surface area contributed by atoms with Crippen LogP contribution in [-0.4, -0.2) is 92.9 Å². The van der Waals surface area contributed by atoms with Gasteiger partial charge in [-0.15, -0.1) is 0 Å². The van der Waals surface area contributed by atoms with E-state index in [-0.39, 0.29) is 12.0 Å². The normalized spacial score (nSPS) is 25.0. The number of aliphatic hydroxyl groups is 1. The highest BCUT2D eigenvalue weighted by molar-refractivity contribution is 6.30. The average molecular weight is 592 g/mol. The maximum atomic E-state index is 11.2. The molecular weight excluding hydrogens is 550 g/mol. The number of allylic oxidation sites excluding steroid dienone is 2. The van der Waals surface area contributed by atoms with Gasteiger partial charge in [0.15, 0.2) is 0 Å². The number of ether oxygens (including phenoxy) is 3. The molecule has 4 aliphatic rings. The molecule has 2 fully saturated rings. The number of nitrogens with zero attached hydrogens (tertiary/aromatic N) is 3. The molecule has 0 saturated carbocycles. The number of morpholine rings is 1. The lowest BCUT2D eigenvalue weighted by molar-refractivity contribution is -0.0259. The summed E-state index contributed by atoms with van der Waals surface area (Å²) in [5.74, 6) is 1.96. The molecule has 224 valence electrons. The summed E-state index contributed by atoms with van der Waals surface area (Å²) in [5.41, 5.74) is 2.58. The van der Waals surface area contributed by atoms with E-state index in [2.05, 4.69) is 34.1 Å². The van der Waals surface area contributed by atoms with Gasteiger partial charge in [0, 0.05) is 55.4 Å². The fourth-order valence-electron chi connectivity index (χ4n) is 6.44. The minimum atomic E-state index is -0.766. The van der Waals surface area contributed by atoms with Crippen LogP contribution < -0.4 is 9.47 Å². The number of unbranched alkanes of at least 4 members (excludes halogenated alkanes) is 1. The van der Waals surface area contributed by atoms with Gasteiger partial charge in [-0.2, -0.15) is 0 Å². The highest BCUT2D eigenvalue weighted by Crippen LogP contribution is 2.41. The summed E-state index contributed by atoms with van der Waals surface area (Å²) in [6, 6.07) is 13.9. The Bertz CT molecular complexity index is 1280. The van der Waals surface area contributed by atoms with E-state index in [9.17, 15) is 5.11 Å². The van der Waals surface area contributed by atoms with E-state index in [1.165, 1.54) is 5.57 Å². The van der Waals surface area contributed by atoms with Crippen LogP contribution in [0.25, 0.3) is 5.57 Å². The minimum Gasteiger partial charge on any atom is -0.492 e. The molecule has 0 bridgehead atoms. The first-order valence-electron chi connectivity index (χ1n) is 15.4. The molecule has 2 saturated heterocycles. The quantitative estimate of drug-likeness (QED) is 0.404. The van der Waals surface area contributed by atoms with E-state index in [0.29, 0.717) is 18.2 Å². The summed E-state index contributed by atoms with van der Waals surface area (Å²) in [4.78, 5) is 9.61. The zero-order valence-electron chi connectivity index (χ0n) is 24.3. The lowest BCUT2D eigenvalue weighted by Gasteiger charge is -2.38. The van der Waals surface area contributed by atoms with Crippen molar-refractivity contribution < 1.29 is 19.3 Å². The molecule has 2 atom stereocenters. The predicted octanol–water partition coefficient (Wildman–Crippen LogP) is 5.22. The number of halogens is 1. The summed E-state index contributed by atoms with van der Waals surface area (Å²) < 4.78 is 17.9. The van der Waals surface area contributed by atoms with Gasteiger partial charge in [0.2, 0.25) is 0 Å². The van der Waals surface area contributed by atoms with Gasteiger partial charge in [-0.25, -0.2) is 0 Å². The number of benzene rings is 2. The van der Waals surface area contributed by atoms with Gasteiger partial charge in [-0.05, 0) is 79.8 Å². The van der Waals surface area contributed by atoms with Crippen molar-refractivity contribution in [1.82, 2.24) is 9.80 Å². The molecule has 2 unspecified atom stereocenters. The van der Waals surface area contributed by atoms with Crippen molar-refractivity contribution >= 4 is 23.4 Å². The van der Waals surface area contributed by atoms with E-state index >= 15 is 0 Å². The largest absolute Gasteiger partial charge is 0.492 e. The SMILES string of the molecule is OC1(c2ccc(Cl)cc2)CCN(CCC/C=C2/c3cc(OCCN4CCOCC4)ccc3OCC3N=CC=CC23)CC1. The summed E-state index contributed by atoms with van der Waals surface area (Å²) in [6.07, 6.45) is 12.1. The Morgan fingerprint density at radius 3 is 2.62 bits per heavy atom. The second kappa shape index (κ2) is 13.7. The van der Waals surface area contributed by atoms with Crippen molar-refractivity contribution in [1.29, 1.82) is 0 Å². The van der Waals surface area contributed by atoms with E-state index in [0.717, 1.165) is 101 Å². The molecule has 4 aliphatic heterocycles. The molecule has 1 N–H and O–H groups in total. The Balaban J connectivity index is 1.08. The lowest BCUT2D eigenvalue weighted by Crippen LogP contribution is -2.42. The van der Waals surface area contributed by atoms with E-state index in [1.807, 2.05) is 42.6 Å². The van der Waals surface area contributed by atoms with E-state index < -0.39 is 5.60 Å². The van der Waals surface area contributed by atoms with Gasteiger partial charge in [0.05, 0.1) is 24.9 Å². The second-order valence-electron chi connectivity index (χ2n) is 11.7. The van der Waals surface area contributed by atoms with E-state index in [1.54, 1.807) is 0 Å². The molecule has 8 heteroatoms. The molecule has 0 spiro atoms. The average Bonchev–Trinajstić information content (AvgIpc) is 3.17. The first-order valence-corrected chi connectivity index (χ1v) is 15.8. The van der Waals surface area contributed by atoms with Gasteiger partial charge in [-0.3, -0.25) is 9.89 Å². The standard InChI is InChI=1S/C34H42ClN3O4/c35-27-8-6-26(7-9-27)34(39)12-16-37(17-13-34)15-2-1-4-29-30-5-3-14-36-32(30)25-42-33-11-10-28(24-31(29)33)41-23-20-38-18-21-40-22-19-38/h3-11,14,24,30,32,39H,1-2,12-13,15-23,25H2/b29-4+. The Morgan fingerprint density at radius 1 is 1.02 bits per heavy atom. The Morgan fingerprint density at radius 2 is 1.81 bits per heavy atom. The third-order valence-electron chi connectivity index (χ3n) is 9.01. The molecule has 0 aromatic heterocycles. The number of aliphatic imine (C=N–C) groups is 1. The highest BCUT2D eigenvalue weighted by Gasteiger charge is 2.34. The van der Waals surface area contributed by atoms with Crippen molar-refractivity contribution in [2.75, 3.05) is 65.7 Å². The van der Waals surface area contributed by atoms with Gasteiger partial charge in [-0.1, -0.05) is 35.9 Å². The highest BCUT2D eigenvalue weighted by atomic mass is 35.5. The smallest absolute Gasteiger partial charge is 0.127 e. The number of likely N-dealkylation sites (tertiary alicyclic amines) is 1. The Hall–Kier alpha value is -2.68. The molecule has 2 aromatic rings. The van der Waals surface area contributed by atoms with Crippen LogP contribution in [0.2, 0.25) is 5.02 Å². The van der Waals surface area contributed by atoms with Gasteiger partial charge in [0.25, 0.3) is 0 Å². The molecule has 7 nitrogen and oxygen atoms in total. The number of fused-ring (bicyclic) bond motifs is 2. The molecule has 2 aromatic carbocycles. The summed E-state index contributed by atoms with van der Waals surface area (Å²) in [7, 11) is 0. The Labute approximate surface area is 254 Å². The molecule has 4 heterocycles. The molecule has 0 amide bonds. The van der Waals surface area contributed by atoms with Crippen molar-refractivity contribution in [3.63, 3.8) is 0 Å². The predicted molar refractivity (Wildman–Crippen MR) is 168 cm³/mol. The van der Waals surface area contributed by atoms with Crippen LogP contribution in [0.1, 0.15) is 36.8 Å². The summed E-state index contributed by atoms with van der Waals surface area (Å²) in [5, 5.41) is 11.9. The molecular formula is C34H42ClN3O4. The van der Waals surface area contributed by atoms with Crippen LogP contribution >= 0.6 is 11.6 Å². The summed E-state index contributed by atoms with van der Waals surface area (Å²) >= 11 is 6.05. The molecule has 6 rings (SSSR count). The maximum Gasteiger partial charge on any atom is 0.127 e. The Kier molecular flexibility index (Phi) is 9.62. The third kappa shape index (κ3) is 7.09. The van der Waals surface area contributed by atoms with Crippen LogP contribution in [0.3, 0.4) is 0 Å². The first-order chi connectivity index (χ1) is 20.6. The number of hydrogen-bond donors (Lipinski definition) is 1. The van der Waals surface area contributed by atoms with Crippen LogP contribution in [0, 0.1) is 5.92 Å². The van der Waals surface area contributed by atoms with Crippen LogP contribution in [0.15, 0.2) is 65.7 Å². The first kappa shape index (κ1) is 29.4. The van der Waals surface area contributed by atoms with Gasteiger partial charge >= 0.3 is 0 Å². The maximum absolute atomic E-state index is 11.2. The van der Waals surface area contributed by atoms with Gasteiger partial charge < -0.3 is 24.2 Å². The monoisotopic (exact) mass is 591 g/mol. The zero-order chi connectivity index (χ0) is 28.8. The number of rotatable bonds is 9. The van der Waals surface area contributed by atoms with Crippen molar-refractivity contribution in [3.8, 4) is 11.5 Å². The zero-order valence-corrected chi connectivity index (χ0v) is 25.1. The number of hydrogen-bond acceptors (Lipinski definition) is 7. The fraction of sp³-hybridized carbons (Fsp3) is 0.500. The van der Waals surface area contributed by atoms with Crippen LogP contribution in [-0.2, 0) is 10.3 Å². The van der Waals surface area contributed by atoms with Gasteiger partial charge in [0.1, 0.15) is 24.7 Å². The number of dihydropyridines is 1. The molecule has 42 heavy (non-hydrogen) atoms. The van der Waals surface area contributed by atoms with Crippen LogP contribution in [0.5, 0.6) is 11.5 Å². The van der Waals surface area contributed by atoms with Crippen LogP contribution in [0.4, 0.5) is 0 Å². The van der Waals surface area contributed by atoms with Crippen molar-refractivity contribution in [2.24, 2.45) is 10.9 Å². The molecule has 0 radical (unpaired) electrons.